The highest BCUT2D eigenvalue weighted by molar-refractivity contribution is 6.32. The predicted octanol–water partition coefficient (Wildman–Crippen LogP) is 2.06. The first-order valence-corrected chi connectivity index (χ1v) is 8.35. The Bertz CT molecular complexity index is 629. The molecule has 6 nitrogen and oxygen atoms in total. The second-order valence-electron chi connectivity index (χ2n) is 6.36. The van der Waals surface area contributed by atoms with Gasteiger partial charge in [0.05, 0.1) is 10.9 Å². The SMILES string of the molecule is O=C(O)C1CN(C(=O)COc2ccccc2Cl)CC12CCOCC2. The van der Waals surface area contributed by atoms with Gasteiger partial charge < -0.3 is 19.5 Å². The number of amides is 1. The molecule has 2 fully saturated rings. The smallest absolute Gasteiger partial charge is 0.308 e. The van der Waals surface area contributed by atoms with E-state index in [-0.39, 0.29) is 24.5 Å². The maximum atomic E-state index is 12.5. The van der Waals surface area contributed by atoms with Gasteiger partial charge in [0.25, 0.3) is 5.91 Å². The third kappa shape index (κ3) is 3.35. The standard InChI is InChI=1S/C17H20ClNO5/c18-13-3-1-2-4-14(13)24-10-15(20)19-9-12(16(21)22)17(11-19)5-7-23-8-6-17/h1-4,12H,5-11H2,(H,21,22). The van der Waals surface area contributed by atoms with Gasteiger partial charge in [-0.3, -0.25) is 9.59 Å². The molecule has 1 aromatic carbocycles. The Morgan fingerprint density at radius 1 is 1.33 bits per heavy atom. The number of benzene rings is 1. The maximum Gasteiger partial charge on any atom is 0.308 e. The summed E-state index contributed by atoms with van der Waals surface area (Å²) in [5.41, 5.74) is -0.385. The molecule has 0 aromatic heterocycles. The van der Waals surface area contributed by atoms with Gasteiger partial charge in [-0.2, -0.15) is 0 Å². The van der Waals surface area contributed by atoms with E-state index in [2.05, 4.69) is 0 Å². The van der Waals surface area contributed by atoms with Crippen LogP contribution in [0.1, 0.15) is 12.8 Å². The van der Waals surface area contributed by atoms with E-state index < -0.39 is 11.9 Å². The molecule has 2 aliphatic heterocycles. The molecule has 1 N–H and O–H groups in total. The van der Waals surface area contributed by atoms with Crippen LogP contribution in [0, 0.1) is 11.3 Å². The quantitative estimate of drug-likeness (QED) is 0.896. The average molecular weight is 354 g/mol. The number of halogens is 1. The van der Waals surface area contributed by atoms with Crippen LogP contribution in [-0.4, -0.2) is 54.8 Å². The van der Waals surface area contributed by atoms with E-state index in [9.17, 15) is 14.7 Å². The average Bonchev–Trinajstić information content (AvgIpc) is 2.94. The van der Waals surface area contributed by atoms with E-state index in [0.29, 0.717) is 43.4 Å². The lowest BCUT2D eigenvalue weighted by atomic mass is 9.72. The molecule has 2 saturated heterocycles. The molecule has 1 aromatic rings. The first kappa shape index (κ1) is 17.0. The first-order chi connectivity index (χ1) is 11.5. The van der Waals surface area contributed by atoms with Crippen LogP contribution in [0.3, 0.4) is 0 Å². The van der Waals surface area contributed by atoms with Crippen molar-refractivity contribution in [1.82, 2.24) is 4.90 Å². The van der Waals surface area contributed by atoms with Gasteiger partial charge in [-0.1, -0.05) is 23.7 Å². The fraction of sp³-hybridized carbons (Fsp3) is 0.529. The Kier molecular flexibility index (Phi) is 4.96. The summed E-state index contributed by atoms with van der Waals surface area (Å²) in [6.45, 7) is 1.60. The van der Waals surface area contributed by atoms with Crippen molar-refractivity contribution in [3.05, 3.63) is 29.3 Å². The third-order valence-corrected chi connectivity index (χ3v) is 5.29. The van der Waals surface area contributed by atoms with Crippen LogP contribution in [0.15, 0.2) is 24.3 Å². The molecule has 7 heteroatoms. The number of hydrogen-bond acceptors (Lipinski definition) is 4. The van der Waals surface area contributed by atoms with Gasteiger partial charge in [-0.15, -0.1) is 0 Å². The number of hydrogen-bond donors (Lipinski definition) is 1. The Hall–Kier alpha value is -1.79. The highest BCUT2D eigenvalue weighted by atomic mass is 35.5. The molecule has 2 heterocycles. The second-order valence-corrected chi connectivity index (χ2v) is 6.77. The van der Waals surface area contributed by atoms with E-state index >= 15 is 0 Å². The molecule has 1 spiro atoms. The summed E-state index contributed by atoms with van der Waals surface area (Å²) in [4.78, 5) is 25.7. The van der Waals surface area contributed by atoms with E-state index in [1.807, 2.05) is 0 Å². The zero-order valence-electron chi connectivity index (χ0n) is 13.2. The van der Waals surface area contributed by atoms with Crippen LogP contribution in [0.2, 0.25) is 5.02 Å². The highest BCUT2D eigenvalue weighted by Gasteiger charge is 2.51. The van der Waals surface area contributed by atoms with Crippen molar-refractivity contribution in [1.29, 1.82) is 0 Å². The van der Waals surface area contributed by atoms with Crippen LogP contribution in [-0.2, 0) is 14.3 Å². The van der Waals surface area contributed by atoms with Crippen LogP contribution in [0.5, 0.6) is 5.75 Å². The highest BCUT2D eigenvalue weighted by Crippen LogP contribution is 2.44. The Morgan fingerprint density at radius 2 is 2.04 bits per heavy atom. The predicted molar refractivity (Wildman–Crippen MR) is 87.1 cm³/mol. The van der Waals surface area contributed by atoms with Gasteiger partial charge in [-0.05, 0) is 25.0 Å². The van der Waals surface area contributed by atoms with Crippen molar-refractivity contribution in [3.63, 3.8) is 0 Å². The Balaban J connectivity index is 1.65. The zero-order chi connectivity index (χ0) is 17.2. The van der Waals surface area contributed by atoms with Crippen molar-refractivity contribution >= 4 is 23.5 Å². The van der Waals surface area contributed by atoms with Crippen LogP contribution in [0.4, 0.5) is 0 Å². The number of nitrogens with zero attached hydrogens (tertiary/aromatic N) is 1. The van der Waals surface area contributed by atoms with Crippen LogP contribution in [0.25, 0.3) is 0 Å². The lowest BCUT2D eigenvalue weighted by molar-refractivity contribution is -0.146. The van der Waals surface area contributed by atoms with Gasteiger partial charge in [-0.25, -0.2) is 0 Å². The van der Waals surface area contributed by atoms with Crippen molar-refractivity contribution in [2.75, 3.05) is 32.9 Å². The monoisotopic (exact) mass is 353 g/mol. The number of para-hydroxylation sites is 1. The molecule has 0 bridgehead atoms. The number of carboxylic acid groups (broad SMARTS) is 1. The minimum atomic E-state index is -0.848. The molecule has 2 aliphatic rings. The lowest BCUT2D eigenvalue weighted by Gasteiger charge is -2.36. The molecule has 1 amide bonds. The van der Waals surface area contributed by atoms with Crippen LogP contribution < -0.4 is 4.74 Å². The number of carbonyl (C=O) groups excluding carboxylic acids is 1. The van der Waals surface area contributed by atoms with Crippen molar-refractivity contribution < 1.29 is 24.2 Å². The topological polar surface area (TPSA) is 76.1 Å². The number of likely N-dealkylation sites (tertiary alicyclic amines) is 1. The lowest BCUT2D eigenvalue weighted by Crippen LogP contribution is -2.40. The molecule has 130 valence electrons. The number of carboxylic acids is 1. The third-order valence-electron chi connectivity index (χ3n) is 4.98. The Morgan fingerprint density at radius 3 is 2.71 bits per heavy atom. The normalized spacial score (nSPS) is 22.5. The summed E-state index contributed by atoms with van der Waals surface area (Å²) in [6.07, 6.45) is 1.33. The summed E-state index contributed by atoms with van der Waals surface area (Å²) in [7, 11) is 0. The molecular weight excluding hydrogens is 334 g/mol. The minimum absolute atomic E-state index is 0.150. The summed E-state index contributed by atoms with van der Waals surface area (Å²) in [6, 6.07) is 6.94. The van der Waals surface area contributed by atoms with Gasteiger partial charge in [0.15, 0.2) is 6.61 Å². The molecule has 0 saturated carbocycles. The summed E-state index contributed by atoms with van der Waals surface area (Å²) >= 11 is 6.01. The number of ether oxygens (including phenoxy) is 2. The van der Waals surface area contributed by atoms with Crippen molar-refractivity contribution in [2.24, 2.45) is 11.3 Å². The molecule has 1 atom stereocenters. The molecular formula is C17H20ClNO5. The van der Waals surface area contributed by atoms with Crippen molar-refractivity contribution in [3.8, 4) is 5.75 Å². The molecule has 3 rings (SSSR count). The van der Waals surface area contributed by atoms with Crippen molar-refractivity contribution in [2.45, 2.75) is 12.8 Å². The summed E-state index contributed by atoms with van der Waals surface area (Å²) in [5.74, 6) is -1.17. The number of carbonyl (C=O) groups is 2. The summed E-state index contributed by atoms with van der Waals surface area (Å²) in [5, 5.41) is 9.99. The zero-order valence-corrected chi connectivity index (χ0v) is 14.0. The fourth-order valence-corrected chi connectivity index (χ4v) is 3.77. The fourth-order valence-electron chi connectivity index (χ4n) is 3.58. The first-order valence-electron chi connectivity index (χ1n) is 7.97. The van der Waals surface area contributed by atoms with E-state index in [4.69, 9.17) is 21.1 Å². The van der Waals surface area contributed by atoms with E-state index in [1.165, 1.54) is 0 Å². The van der Waals surface area contributed by atoms with Gasteiger partial charge in [0.2, 0.25) is 0 Å². The largest absolute Gasteiger partial charge is 0.482 e. The van der Waals surface area contributed by atoms with Gasteiger partial charge >= 0.3 is 5.97 Å². The second kappa shape index (κ2) is 6.99. The molecule has 1 unspecified atom stereocenters. The minimum Gasteiger partial charge on any atom is -0.482 e. The molecule has 24 heavy (non-hydrogen) atoms. The maximum absolute atomic E-state index is 12.5. The van der Waals surface area contributed by atoms with E-state index in [0.717, 1.165) is 0 Å². The number of aliphatic carboxylic acids is 1. The summed E-state index contributed by atoms with van der Waals surface area (Å²) < 4.78 is 10.8. The van der Waals surface area contributed by atoms with Gasteiger partial charge in [0, 0.05) is 31.7 Å². The molecule has 0 radical (unpaired) electrons. The van der Waals surface area contributed by atoms with Crippen LogP contribution >= 0.6 is 11.6 Å². The van der Waals surface area contributed by atoms with E-state index in [1.54, 1.807) is 29.2 Å². The van der Waals surface area contributed by atoms with Gasteiger partial charge in [0.1, 0.15) is 5.75 Å². The Labute approximate surface area is 145 Å². The molecule has 0 aliphatic carbocycles. The number of rotatable bonds is 4.